The summed E-state index contributed by atoms with van der Waals surface area (Å²) in [4.78, 5) is 38.7. The van der Waals surface area contributed by atoms with Crippen LogP contribution in [0.1, 0.15) is 39.1 Å². The van der Waals surface area contributed by atoms with Crippen molar-refractivity contribution in [2.24, 2.45) is 0 Å². The number of fused-ring (bicyclic) bond motifs is 2. The first-order chi connectivity index (χ1) is 20.6. The molecule has 0 bridgehead atoms. The third kappa shape index (κ3) is 4.63. The highest BCUT2D eigenvalue weighted by molar-refractivity contribution is 6.09. The molecule has 0 radical (unpaired) electrons. The molecule has 7 rings (SSSR count). The van der Waals surface area contributed by atoms with E-state index in [-0.39, 0.29) is 17.2 Å². The van der Waals surface area contributed by atoms with Crippen molar-refractivity contribution in [2.45, 2.75) is 18.3 Å². The number of hydrogen-bond donors (Lipinski definition) is 1. The van der Waals surface area contributed by atoms with Crippen LogP contribution in [0.25, 0.3) is 11.4 Å². The number of nitrogens with zero attached hydrogens (tertiary/aromatic N) is 3. The molecule has 2 amide bonds. The molecule has 2 aliphatic heterocycles. The number of anilines is 1. The molecule has 1 N–H and O–H groups in total. The molecular formula is C35H30N4O3. The molecule has 1 saturated heterocycles. The van der Waals surface area contributed by atoms with Crippen LogP contribution in [0.4, 0.5) is 5.69 Å². The zero-order valence-electron chi connectivity index (χ0n) is 23.1. The lowest BCUT2D eigenvalue weighted by Gasteiger charge is -2.40. The Kier molecular flexibility index (Phi) is 6.55. The van der Waals surface area contributed by atoms with Gasteiger partial charge in [0.2, 0.25) is 0 Å². The normalized spacial score (nSPS) is 15.4. The number of carbonyl (C=O) groups is 2. The van der Waals surface area contributed by atoms with Crippen LogP contribution < -0.4 is 9.64 Å². The molecule has 208 valence electrons. The number of benzene rings is 4. The lowest BCUT2D eigenvalue weighted by atomic mass is 9.74. The first-order valence-corrected chi connectivity index (χ1v) is 14.2. The maximum atomic E-state index is 14.1. The quantitative estimate of drug-likeness (QED) is 0.262. The molecule has 7 heteroatoms. The van der Waals surface area contributed by atoms with E-state index in [0.29, 0.717) is 42.3 Å². The van der Waals surface area contributed by atoms with Crippen LogP contribution in [0, 0.1) is 0 Å². The second kappa shape index (κ2) is 10.7. The van der Waals surface area contributed by atoms with Crippen molar-refractivity contribution in [3.63, 3.8) is 0 Å². The Hall–Kier alpha value is -5.17. The van der Waals surface area contributed by atoms with Gasteiger partial charge in [-0.1, -0.05) is 60.7 Å². The van der Waals surface area contributed by atoms with Crippen molar-refractivity contribution >= 4 is 17.5 Å². The predicted molar refractivity (Wildman–Crippen MR) is 162 cm³/mol. The van der Waals surface area contributed by atoms with Crippen LogP contribution in [0.5, 0.6) is 11.5 Å². The van der Waals surface area contributed by atoms with Gasteiger partial charge in [-0.05, 0) is 60.9 Å². The van der Waals surface area contributed by atoms with Gasteiger partial charge in [-0.2, -0.15) is 0 Å². The van der Waals surface area contributed by atoms with Gasteiger partial charge in [0.1, 0.15) is 17.3 Å². The molecular weight excluding hydrogens is 524 g/mol. The van der Waals surface area contributed by atoms with Gasteiger partial charge in [-0.25, -0.2) is 4.98 Å². The van der Waals surface area contributed by atoms with Crippen molar-refractivity contribution in [3.8, 4) is 22.9 Å². The molecule has 0 saturated carbocycles. The number of ether oxygens (including phenoxy) is 1. The Morgan fingerprint density at radius 3 is 2.26 bits per heavy atom. The minimum absolute atomic E-state index is 0.0297. The number of para-hydroxylation sites is 3. The fraction of sp³-hybridized carbons (Fsp3) is 0.171. The van der Waals surface area contributed by atoms with E-state index in [1.54, 1.807) is 12.4 Å². The predicted octanol–water partition coefficient (Wildman–Crippen LogP) is 6.70. The van der Waals surface area contributed by atoms with Crippen molar-refractivity contribution in [2.75, 3.05) is 24.5 Å². The molecule has 42 heavy (non-hydrogen) atoms. The number of likely N-dealkylation sites (tertiary alicyclic amines) is 1. The van der Waals surface area contributed by atoms with Gasteiger partial charge in [0, 0.05) is 54.3 Å². The van der Waals surface area contributed by atoms with Crippen molar-refractivity contribution < 1.29 is 14.3 Å². The minimum Gasteiger partial charge on any atom is -0.457 e. The van der Waals surface area contributed by atoms with E-state index < -0.39 is 0 Å². The first kappa shape index (κ1) is 25.8. The molecule has 5 aromatic rings. The van der Waals surface area contributed by atoms with Crippen LogP contribution >= 0.6 is 0 Å². The van der Waals surface area contributed by atoms with E-state index in [0.717, 1.165) is 29.9 Å². The number of imidazole rings is 1. The molecule has 4 aromatic carbocycles. The summed E-state index contributed by atoms with van der Waals surface area (Å²) in [6.45, 7) is 1.83. The Labute approximate surface area is 244 Å². The fourth-order valence-electron chi connectivity index (χ4n) is 6.25. The van der Waals surface area contributed by atoms with Crippen molar-refractivity contribution in [3.05, 3.63) is 132 Å². The van der Waals surface area contributed by atoms with Crippen LogP contribution in [0.3, 0.4) is 0 Å². The maximum Gasteiger partial charge on any atom is 0.262 e. The van der Waals surface area contributed by atoms with E-state index in [1.165, 1.54) is 5.56 Å². The Morgan fingerprint density at radius 1 is 0.786 bits per heavy atom. The molecule has 0 aliphatic carbocycles. The third-order valence-electron chi connectivity index (χ3n) is 8.47. The zero-order chi connectivity index (χ0) is 28.5. The van der Waals surface area contributed by atoms with Gasteiger partial charge < -0.3 is 19.5 Å². The van der Waals surface area contributed by atoms with Gasteiger partial charge >= 0.3 is 0 Å². The monoisotopic (exact) mass is 554 g/mol. The molecule has 0 atom stereocenters. The molecule has 2 aliphatic rings. The number of nitrogens with one attached hydrogen (secondary N) is 1. The average Bonchev–Trinajstić information content (AvgIpc) is 3.70. The second-order valence-electron chi connectivity index (χ2n) is 10.9. The summed E-state index contributed by atoms with van der Waals surface area (Å²) in [7, 11) is 0. The van der Waals surface area contributed by atoms with E-state index >= 15 is 0 Å². The number of H-pyrrole nitrogens is 1. The number of hydrogen-bond acceptors (Lipinski definition) is 4. The second-order valence-corrected chi connectivity index (χ2v) is 10.9. The van der Waals surface area contributed by atoms with E-state index in [4.69, 9.17) is 4.74 Å². The summed E-state index contributed by atoms with van der Waals surface area (Å²) in [5, 5.41) is 0. The Morgan fingerprint density at radius 2 is 1.50 bits per heavy atom. The summed E-state index contributed by atoms with van der Waals surface area (Å²) >= 11 is 0. The highest BCUT2D eigenvalue weighted by Crippen LogP contribution is 2.48. The smallest absolute Gasteiger partial charge is 0.262 e. The number of aromatic amines is 1. The zero-order valence-corrected chi connectivity index (χ0v) is 23.1. The Bertz CT molecular complexity index is 1720. The summed E-state index contributed by atoms with van der Waals surface area (Å²) < 4.78 is 6.13. The van der Waals surface area contributed by atoms with Crippen LogP contribution in [0.15, 0.2) is 116 Å². The topological polar surface area (TPSA) is 78.5 Å². The van der Waals surface area contributed by atoms with Gasteiger partial charge in [0.05, 0.1) is 5.56 Å². The summed E-state index contributed by atoms with van der Waals surface area (Å²) in [5.74, 6) is 1.94. The first-order valence-electron chi connectivity index (χ1n) is 14.2. The number of rotatable bonds is 5. The number of aromatic nitrogens is 2. The van der Waals surface area contributed by atoms with E-state index in [2.05, 4.69) is 16.0 Å². The number of amides is 2. The number of piperidine rings is 1. The minimum atomic E-state index is -0.207. The fourth-order valence-corrected chi connectivity index (χ4v) is 6.25. The molecule has 7 nitrogen and oxygen atoms in total. The standard InChI is InChI=1S/C35H30N4O3/c40-33(26-16-14-25(15-17-26)32-36-20-21-37-32)38-22-18-35(19-23-38)24-39(30-12-6-5-11-29(30)35)34(41)28-10-4-7-13-31(28)42-27-8-2-1-3-9-27/h1-17,20-21H,18-19,22-24H2,(H,36,37). The molecule has 1 aromatic heterocycles. The van der Waals surface area contributed by atoms with Crippen LogP contribution in [-0.4, -0.2) is 46.3 Å². The molecule has 1 spiro atoms. The lowest BCUT2D eigenvalue weighted by Crippen LogP contribution is -2.47. The van der Waals surface area contributed by atoms with Gasteiger partial charge in [-0.3, -0.25) is 9.59 Å². The van der Waals surface area contributed by atoms with Gasteiger partial charge in [0.15, 0.2) is 0 Å². The highest BCUT2D eigenvalue weighted by atomic mass is 16.5. The van der Waals surface area contributed by atoms with Crippen LogP contribution in [-0.2, 0) is 5.41 Å². The molecule has 3 heterocycles. The third-order valence-corrected chi connectivity index (χ3v) is 8.47. The van der Waals surface area contributed by atoms with Gasteiger partial charge in [-0.15, -0.1) is 0 Å². The van der Waals surface area contributed by atoms with Crippen molar-refractivity contribution in [1.82, 2.24) is 14.9 Å². The lowest BCUT2D eigenvalue weighted by molar-refractivity contribution is 0.0670. The van der Waals surface area contributed by atoms with Crippen LogP contribution in [0.2, 0.25) is 0 Å². The highest BCUT2D eigenvalue weighted by Gasteiger charge is 2.47. The number of carbonyl (C=O) groups excluding carboxylic acids is 2. The largest absolute Gasteiger partial charge is 0.457 e. The summed E-state index contributed by atoms with van der Waals surface area (Å²) in [6.07, 6.45) is 5.06. The molecule has 1 fully saturated rings. The average molecular weight is 555 g/mol. The van der Waals surface area contributed by atoms with Gasteiger partial charge in [0.25, 0.3) is 11.8 Å². The summed E-state index contributed by atoms with van der Waals surface area (Å²) in [6, 6.07) is 32.7. The Balaban J connectivity index is 1.10. The maximum absolute atomic E-state index is 14.1. The van der Waals surface area contributed by atoms with E-state index in [9.17, 15) is 9.59 Å². The molecule has 0 unspecified atom stereocenters. The van der Waals surface area contributed by atoms with E-state index in [1.807, 2.05) is 107 Å². The SMILES string of the molecule is O=C(c1ccc(-c2ncc[nH]2)cc1)N1CCC2(CC1)CN(C(=O)c1ccccc1Oc1ccccc1)c1ccccc12. The summed E-state index contributed by atoms with van der Waals surface area (Å²) in [5.41, 5.74) is 4.04. The van der Waals surface area contributed by atoms with Crippen molar-refractivity contribution in [1.29, 1.82) is 0 Å².